The number of rotatable bonds is 3. The summed E-state index contributed by atoms with van der Waals surface area (Å²) >= 11 is 0. The van der Waals surface area contributed by atoms with Crippen LogP contribution in [0.2, 0.25) is 0 Å². The van der Waals surface area contributed by atoms with Crippen molar-refractivity contribution in [3.8, 4) is 11.5 Å². The summed E-state index contributed by atoms with van der Waals surface area (Å²) in [5, 5.41) is 41.5. The maximum absolute atomic E-state index is 11.3. The molecule has 0 amide bonds. The standard InChI is InChI=1S/C25H36O6/c1-11(2)8-15-9-13(4)16-7-6-12(3)18-20(16)19(15)14(5)24(22(18)28)31-25-23(29)21(27)17(26)10-30-25/h8,12-13,15-17,21,23,25-29H,6-7,9-10H2,1-5H3/t12-,13-,15-,16+,17-,21+,23-,25+/m0/s1. The maximum Gasteiger partial charge on any atom is 0.229 e. The molecule has 0 bridgehead atoms. The van der Waals surface area contributed by atoms with Gasteiger partial charge in [-0.25, -0.2) is 0 Å². The Kier molecular flexibility index (Phi) is 6.12. The van der Waals surface area contributed by atoms with Crippen molar-refractivity contribution < 1.29 is 29.9 Å². The van der Waals surface area contributed by atoms with E-state index in [1.165, 1.54) is 16.7 Å². The van der Waals surface area contributed by atoms with E-state index in [0.29, 0.717) is 17.6 Å². The van der Waals surface area contributed by atoms with Gasteiger partial charge in [0.05, 0.1) is 6.61 Å². The largest absolute Gasteiger partial charge is 0.504 e. The third kappa shape index (κ3) is 3.78. The van der Waals surface area contributed by atoms with Crippen LogP contribution in [-0.2, 0) is 4.74 Å². The maximum atomic E-state index is 11.3. The average Bonchev–Trinajstić information content (AvgIpc) is 2.69. The van der Waals surface area contributed by atoms with E-state index < -0.39 is 24.6 Å². The first kappa shape index (κ1) is 22.6. The molecule has 31 heavy (non-hydrogen) atoms. The minimum absolute atomic E-state index is 0.120. The molecule has 0 spiro atoms. The monoisotopic (exact) mass is 432 g/mol. The summed E-state index contributed by atoms with van der Waals surface area (Å²) in [6.07, 6.45) is 0.395. The normalized spacial score (nSPS) is 37.2. The van der Waals surface area contributed by atoms with Crippen molar-refractivity contribution in [3.63, 3.8) is 0 Å². The Morgan fingerprint density at radius 2 is 1.74 bits per heavy atom. The average molecular weight is 433 g/mol. The summed E-state index contributed by atoms with van der Waals surface area (Å²) in [6.45, 7) is 10.5. The van der Waals surface area contributed by atoms with Crippen molar-refractivity contribution >= 4 is 0 Å². The van der Waals surface area contributed by atoms with E-state index in [9.17, 15) is 20.4 Å². The Hall–Kier alpha value is -1.60. The van der Waals surface area contributed by atoms with Crippen molar-refractivity contribution in [1.82, 2.24) is 0 Å². The smallest absolute Gasteiger partial charge is 0.229 e. The van der Waals surface area contributed by atoms with Gasteiger partial charge in [-0.1, -0.05) is 25.5 Å². The van der Waals surface area contributed by atoms with Crippen molar-refractivity contribution in [2.45, 2.75) is 96.2 Å². The molecule has 172 valence electrons. The minimum Gasteiger partial charge on any atom is -0.504 e. The molecule has 6 nitrogen and oxygen atoms in total. The van der Waals surface area contributed by atoms with E-state index in [2.05, 4.69) is 33.8 Å². The molecule has 8 atom stereocenters. The molecule has 1 fully saturated rings. The summed E-state index contributed by atoms with van der Waals surface area (Å²) in [4.78, 5) is 0. The summed E-state index contributed by atoms with van der Waals surface area (Å²) in [5.41, 5.74) is 5.58. The molecule has 4 N–H and O–H groups in total. The highest BCUT2D eigenvalue weighted by Crippen LogP contribution is 2.58. The highest BCUT2D eigenvalue weighted by atomic mass is 16.7. The Balaban J connectivity index is 1.85. The van der Waals surface area contributed by atoms with E-state index in [-0.39, 0.29) is 24.2 Å². The number of hydrogen-bond acceptors (Lipinski definition) is 6. The highest BCUT2D eigenvalue weighted by Gasteiger charge is 2.43. The van der Waals surface area contributed by atoms with Crippen molar-refractivity contribution in [3.05, 3.63) is 33.9 Å². The first-order chi connectivity index (χ1) is 14.6. The van der Waals surface area contributed by atoms with Gasteiger partial charge in [0.1, 0.15) is 18.3 Å². The number of ether oxygens (including phenoxy) is 2. The lowest BCUT2D eigenvalue weighted by Gasteiger charge is -2.44. The molecule has 3 aliphatic rings. The van der Waals surface area contributed by atoms with Crippen molar-refractivity contribution in [1.29, 1.82) is 0 Å². The summed E-state index contributed by atoms with van der Waals surface area (Å²) in [6, 6.07) is 0. The molecule has 1 heterocycles. The fourth-order valence-corrected chi connectivity index (χ4v) is 5.94. The molecule has 0 saturated carbocycles. The SMILES string of the molecule is CC(C)=C[C@H]1C[C@H](C)[C@H]2CC[C@H](C)c3c(O)c(O[C@H]4OC[C@H](O)[C@@H](O)[C@@H]4O)c(C)c1c32. The fraction of sp³-hybridized carbons (Fsp3) is 0.680. The van der Waals surface area contributed by atoms with Gasteiger partial charge in [-0.05, 0) is 74.5 Å². The highest BCUT2D eigenvalue weighted by molar-refractivity contribution is 5.64. The van der Waals surface area contributed by atoms with Gasteiger partial charge < -0.3 is 29.9 Å². The quantitative estimate of drug-likeness (QED) is 0.545. The number of aliphatic hydroxyl groups is 3. The Bertz CT molecular complexity index is 873. The second-order valence-electron chi connectivity index (χ2n) is 10.1. The first-order valence-electron chi connectivity index (χ1n) is 11.5. The Morgan fingerprint density at radius 1 is 1.03 bits per heavy atom. The zero-order valence-corrected chi connectivity index (χ0v) is 19.1. The lowest BCUT2D eigenvalue weighted by molar-refractivity contribution is -0.242. The van der Waals surface area contributed by atoms with Gasteiger partial charge in [0.25, 0.3) is 0 Å². The van der Waals surface area contributed by atoms with Gasteiger partial charge in [-0.3, -0.25) is 0 Å². The second kappa shape index (κ2) is 8.39. The van der Waals surface area contributed by atoms with E-state index >= 15 is 0 Å². The molecule has 0 radical (unpaired) electrons. The van der Waals surface area contributed by atoms with Gasteiger partial charge in [0.15, 0.2) is 11.5 Å². The second-order valence-corrected chi connectivity index (χ2v) is 10.1. The molecular formula is C25H36O6. The lowest BCUT2D eigenvalue weighted by atomic mass is 9.62. The van der Waals surface area contributed by atoms with Gasteiger partial charge >= 0.3 is 0 Å². The van der Waals surface area contributed by atoms with Crippen LogP contribution >= 0.6 is 0 Å². The number of aliphatic hydroxyl groups excluding tert-OH is 3. The van der Waals surface area contributed by atoms with Crippen LogP contribution in [0.4, 0.5) is 0 Å². The van der Waals surface area contributed by atoms with E-state index in [0.717, 1.165) is 30.4 Å². The number of phenolic OH excluding ortho intramolecular Hbond substituents is 1. The van der Waals surface area contributed by atoms with Gasteiger partial charge in [0, 0.05) is 11.5 Å². The van der Waals surface area contributed by atoms with Crippen LogP contribution in [0.5, 0.6) is 11.5 Å². The van der Waals surface area contributed by atoms with Gasteiger partial charge in [-0.15, -0.1) is 0 Å². The summed E-state index contributed by atoms with van der Waals surface area (Å²) < 4.78 is 11.5. The third-order valence-electron chi connectivity index (χ3n) is 7.48. The number of allylic oxidation sites excluding steroid dienone is 2. The number of hydrogen-bond donors (Lipinski definition) is 4. The molecule has 4 rings (SSSR count). The first-order valence-corrected chi connectivity index (χ1v) is 11.5. The molecule has 1 saturated heterocycles. The molecule has 0 unspecified atom stereocenters. The van der Waals surface area contributed by atoms with Crippen LogP contribution in [0, 0.1) is 12.8 Å². The molecule has 2 aliphatic carbocycles. The predicted molar refractivity (Wildman–Crippen MR) is 118 cm³/mol. The van der Waals surface area contributed by atoms with Crippen LogP contribution in [0.3, 0.4) is 0 Å². The third-order valence-corrected chi connectivity index (χ3v) is 7.48. The zero-order chi connectivity index (χ0) is 22.6. The van der Waals surface area contributed by atoms with Crippen LogP contribution in [-0.4, -0.2) is 51.6 Å². The molecule has 1 aliphatic heterocycles. The minimum atomic E-state index is -1.41. The Labute approximate surface area is 184 Å². The number of aromatic hydroxyl groups is 1. The topological polar surface area (TPSA) is 99.4 Å². The van der Waals surface area contributed by atoms with E-state index in [1.54, 1.807) is 0 Å². The van der Waals surface area contributed by atoms with Crippen LogP contribution in [0.1, 0.15) is 87.0 Å². The molecular weight excluding hydrogens is 396 g/mol. The predicted octanol–water partition coefficient (Wildman–Crippen LogP) is 3.59. The lowest BCUT2D eigenvalue weighted by Crippen LogP contribution is -2.54. The zero-order valence-electron chi connectivity index (χ0n) is 19.1. The van der Waals surface area contributed by atoms with E-state index in [1.807, 2.05) is 6.92 Å². The van der Waals surface area contributed by atoms with Crippen molar-refractivity contribution in [2.24, 2.45) is 5.92 Å². The summed E-state index contributed by atoms with van der Waals surface area (Å²) in [5.74, 6) is 1.84. The molecule has 0 aromatic heterocycles. The Morgan fingerprint density at radius 3 is 2.42 bits per heavy atom. The number of phenols is 1. The molecule has 1 aromatic carbocycles. The van der Waals surface area contributed by atoms with Crippen LogP contribution in [0.15, 0.2) is 11.6 Å². The number of benzene rings is 1. The van der Waals surface area contributed by atoms with Gasteiger partial charge in [-0.2, -0.15) is 0 Å². The summed E-state index contributed by atoms with van der Waals surface area (Å²) in [7, 11) is 0. The fourth-order valence-electron chi connectivity index (χ4n) is 5.94. The van der Waals surface area contributed by atoms with Crippen molar-refractivity contribution in [2.75, 3.05) is 6.61 Å². The molecule has 6 heteroatoms. The van der Waals surface area contributed by atoms with Crippen LogP contribution < -0.4 is 4.74 Å². The van der Waals surface area contributed by atoms with Crippen LogP contribution in [0.25, 0.3) is 0 Å². The van der Waals surface area contributed by atoms with E-state index in [4.69, 9.17) is 9.47 Å². The van der Waals surface area contributed by atoms with Gasteiger partial charge in [0.2, 0.25) is 6.29 Å². The molecule has 1 aromatic rings.